The van der Waals surface area contributed by atoms with Crippen LogP contribution in [0.15, 0.2) is 6.20 Å². The third kappa shape index (κ3) is 4.50. The molecular weight excluding hydrogens is 294 g/mol. The fraction of sp³-hybridized carbons (Fsp3) is 0.500. The molecule has 112 valence electrons. The van der Waals surface area contributed by atoms with Crippen molar-refractivity contribution in [2.24, 2.45) is 5.92 Å². The summed E-state index contributed by atoms with van der Waals surface area (Å²) in [6.45, 7) is 0. The van der Waals surface area contributed by atoms with Gasteiger partial charge in [0.2, 0.25) is 11.2 Å². The summed E-state index contributed by atoms with van der Waals surface area (Å²) in [7, 11) is 1.50. The van der Waals surface area contributed by atoms with Gasteiger partial charge >= 0.3 is 6.09 Å². The lowest BCUT2D eigenvalue weighted by Gasteiger charge is -2.25. The maximum Gasteiger partial charge on any atom is 0.404 e. The SMILES string of the molecule is COc1nc(Cl)ncc1C#C[C@@H]1CCC[C@H](NC(=O)O)C1. The van der Waals surface area contributed by atoms with E-state index in [1.165, 1.54) is 13.3 Å². The molecule has 0 bridgehead atoms. The van der Waals surface area contributed by atoms with Gasteiger partial charge < -0.3 is 15.2 Å². The molecule has 6 nitrogen and oxygen atoms in total. The van der Waals surface area contributed by atoms with E-state index in [0.717, 1.165) is 25.7 Å². The molecule has 0 spiro atoms. The van der Waals surface area contributed by atoms with Crippen molar-refractivity contribution in [3.63, 3.8) is 0 Å². The van der Waals surface area contributed by atoms with E-state index in [1.54, 1.807) is 0 Å². The molecule has 0 unspecified atom stereocenters. The van der Waals surface area contributed by atoms with Gasteiger partial charge in [-0.25, -0.2) is 9.78 Å². The maximum absolute atomic E-state index is 10.7. The van der Waals surface area contributed by atoms with Crippen LogP contribution in [0.3, 0.4) is 0 Å². The number of carbonyl (C=O) groups is 1. The highest BCUT2D eigenvalue weighted by Crippen LogP contribution is 2.24. The zero-order valence-electron chi connectivity index (χ0n) is 11.6. The molecule has 7 heteroatoms. The average molecular weight is 310 g/mol. The molecule has 1 aromatic rings. The third-order valence-electron chi connectivity index (χ3n) is 3.33. The molecule has 0 aliphatic heterocycles. The second kappa shape index (κ2) is 7.14. The summed E-state index contributed by atoms with van der Waals surface area (Å²) in [4.78, 5) is 18.5. The largest absolute Gasteiger partial charge is 0.480 e. The van der Waals surface area contributed by atoms with Crippen molar-refractivity contribution in [1.29, 1.82) is 0 Å². The first-order chi connectivity index (χ1) is 10.1. The van der Waals surface area contributed by atoms with Crippen molar-refractivity contribution in [3.05, 3.63) is 17.0 Å². The maximum atomic E-state index is 10.7. The van der Waals surface area contributed by atoms with Crippen LogP contribution < -0.4 is 10.1 Å². The summed E-state index contributed by atoms with van der Waals surface area (Å²) in [5.74, 6) is 6.65. The van der Waals surface area contributed by atoms with Crippen LogP contribution in [-0.2, 0) is 0 Å². The van der Waals surface area contributed by atoms with Crippen LogP contribution in [0.5, 0.6) is 5.88 Å². The zero-order valence-corrected chi connectivity index (χ0v) is 12.4. The van der Waals surface area contributed by atoms with Crippen LogP contribution in [0.25, 0.3) is 0 Å². The molecule has 0 radical (unpaired) electrons. The smallest absolute Gasteiger partial charge is 0.404 e. The molecule has 1 aliphatic carbocycles. The van der Waals surface area contributed by atoms with E-state index in [4.69, 9.17) is 21.4 Å². The molecule has 1 aliphatic rings. The van der Waals surface area contributed by atoms with Gasteiger partial charge in [-0.2, -0.15) is 4.98 Å². The monoisotopic (exact) mass is 309 g/mol. The highest BCUT2D eigenvalue weighted by molar-refractivity contribution is 6.28. The van der Waals surface area contributed by atoms with Gasteiger partial charge in [0.15, 0.2) is 0 Å². The summed E-state index contributed by atoms with van der Waals surface area (Å²) < 4.78 is 5.11. The second-order valence-corrected chi connectivity index (χ2v) is 5.18. The Morgan fingerprint density at radius 1 is 1.57 bits per heavy atom. The molecular formula is C14H16ClN3O3. The standard InChI is InChI=1S/C14H16ClN3O3/c1-21-12-10(8-16-13(15)18-12)6-5-9-3-2-4-11(7-9)17-14(19)20/h8-9,11,17H,2-4,7H2,1H3,(H,19,20)/t9-,11-/m0/s1. The number of nitrogens with zero attached hydrogens (tertiary/aromatic N) is 2. The number of hydrogen-bond donors (Lipinski definition) is 2. The fourth-order valence-electron chi connectivity index (χ4n) is 2.39. The van der Waals surface area contributed by atoms with Crippen LogP contribution in [0.2, 0.25) is 5.28 Å². The van der Waals surface area contributed by atoms with E-state index < -0.39 is 6.09 Å². The molecule has 1 heterocycles. The van der Waals surface area contributed by atoms with Crippen LogP contribution in [0.1, 0.15) is 31.2 Å². The third-order valence-corrected chi connectivity index (χ3v) is 3.51. The lowest BCUT2D eigenvalue weighted by Crippen LogP contribution is -2.37. The van der Waals surface area contributed by atoms with E-state index in [-0.39, 0.29) is 17.2 Å². The van der Waals surface area contributed by atoms with Gasteiger partial charge in [0.05, 0.1) is 13.3 Å². The topological polar surface area (TPSA) is 84.3 Å². The highest BCUT2D eigenvalue weighted by Gasteiger charge is 2.21. The molecule has 1 amide bonds. The van der Waals surface area contributed by atoms with Gasteiger partial charge in [-0.1, -0.05) is 18.3 Å². The molecule has 21 heavy (non-hydrogen) atoms. The Hall–Kier alpha value is -2.00. The van der Waals surface area contributed by atoms with Crippen molar-refractivity contribution in [2.75, 3.05) is 7.11 Å². The lowest BCUT2D eigenvalue weighted by molar-refractivity contribution is 0.184. The van der Waals surface area contributed by atoms with Crippen molar-refractivity contribution < 1.29 is 14.6 Å². The summed E-state index contributed by atoms with van der Waals surface area (Å²) in [6, 6.07) is -0.0288. The zero-order chi connectivity index (χ0) is 15.2. The summed E-state index contributed by atoms with van der Waals surface area (Å²) in [5, 5.41) is 11.4. The Labute approximate surface area is 127 Å². The minimum Gasteiger partial charge on any atom is -0.480 e. The molecule has 1 fully saturated rings. The fourth-order valence-corrected chi connectivity index (χ4v) is 2.52. The Kier molecular flexibility index (Phi) is 5.23. The molecule has 0 saturated heterocycles. The predicted molar refractivity (Wildman–Crippen MR) is 77.4 cm³/mol. The first-order valence-corrected chi connectivity index (χ1v) is 7.04. The Morgan fingerprint density at radius 2 is 2.38 bits per heavy atom. The Balaban J connectivity index is 2.06. The lowest BCUT2D eigenvalue weighted by atomic mass is 9.86. The number of hydrogen-bond acceptors (Lipinski definition) is 4. The van der Waals surface area contributed by atoms with Gasteiger partial charge in [-0.15, -0.1) is 0 Å². The molecule has 0 aromatic carbocycles. The quantitative estimate of drug-likeness (QED) is 0.647. The number of aromatic nitrogens is 2. The van der Waals surface area contributed by atoms with Gasteiger partial charge in [-0.3, -0.25) is 0 Å². The number of amides is 1. The number of rotatable bonds is 2. The minimum absolute atomic E-state index is 0.0288. The minimum atomic E-state index is -0.985. The van der Waals surface area contributed by atoms with Gasteiger partial charge in [0.25, 0.3) is 0 Å². The van der Waals surface area contributed by atoms with Crippen molar-refractivity contribution in [3.8, 4) is 17.7 Å². The molecule has 1 aromatic heterocycles. The summed E-state index contributed by atoms with van der Waals surface area (Å²) in [5.41, 5.74) is 0.579. The van der Waals surface area contributed by atoms with Crippen LogP contribution in [-0.4, -0.2) is 34.3 Å². The predicted octanol–water partition coefficient (Wildman–Crippen LogP) is 2.32. The van der Waals surface area contributed by atoms with Gasteiger partial charge in [0, 0.05) is 12.0 Å². The van der Waals surface area contributed by atoms with E-state index in [1.807, 2.05) is 0 Å². The molecule has 2 rings (SSSR count). The Bertz CT molecular complexity index is 583. The van der Waals surface area contributed by atoms with Crippen molar-refractivity contribution in [2.45, 2.75) is 31.7 Å². The number of carboxylic acid groups (broad SMARTS) is 1. The van der Waals surface area contributed by atoms with Crippen LogP contribution in [0, 0.1) is 17.8 Å². The normalized spacial score (nSPS) is 21.0. The van der Waals surface area contributed by atoms with E-state index in [2.05, 4.69) is 27.1 Å². The second-order valence-electron chi connectivity index (χ2n) is 4.84. The highest BCUT2D eigenvalue weighted by atomic mass is 35.5. The molecule has 1 saturated carbocycles. The first kappa shape index (κ1) is 15.4. The van der Waals surface area contributed by atoms with E-state index in [0.29, 0.717) is 11.4 Å². The van der Waals surface area contributed by atoms with E-state index in [9.17, 15) is 4.79 Å². The van der Waals surface area contributed by atoms with Gasteiger partial charge in [0.1, 0.15) is 5.56 Å². The Morgan fingerprint density at radius 3 is 3.10 bits per heavy atom. The average Bonchev–Trinajstić information content (AvgIpc) is 2.45. The number of ether oxygens (including phenoxy) is 1. The van der Waals surface area contributed by atoms with Crippen LogP contribution in [0.4, 0.5) is 4.79 Å². The van der Waals surface area contributed by atoms with E-state index >= 15 is 0 Å². The summed E-state index contributed by atoms with van der Waals surface area (Å²) >= 11 is 5.70. The van der Waals surface area contributed by atoms with Crippen molar-refractivity contribution in [1.82, 2.24) is 15.3 Å². The molecule has 2 N–H and O–H groups in total. The first-order valence-electron chi connectivity index (χ1n) is 6.66. The number of halogens is 1. The summed E-state index contributed by atoms with van der Waals surface area (Å²) in [6.07, 6.45) is 4.03. The van der Waals surface area contributed by atoms with Crippen LogP contribution >= 0.6 is 11.6 Å². The van der Waals surface area contributed by atoms with Gasteiger partial charge in [-0.05, 0) is 30.9 Å². The number of nitrogens with one attached hydrogen (secondary N) is 1. The van der Waals surface area contributed by atoms with Crippen molar-refractivity contribution >= 4 is 17.7 Å². The number of methoxy groups -OCH3 is 1. The molecule has 2 atom stereocenters.